The normalized spacial score (nSPS) is 10.8. The van der Waals surface area contributed by atoms with E-state index >= 15 is 0 Å². The molecule has 1 amide bonds. The van der Waals surface area contributed by atoms with Crippen molar-refractivity contribution in [3.05, 3.63) is 87.7 Å². The van der Waals surface area contributed by atoms with Crippen molar-refractivity contribution in [2.45, 2.75) is 13.8 Å². The van der Waals surface area contributed by atoms with Gasteiger partial charge in [-0.2, -0.15) is 0 Å². The molecular formula is C22H17N3O4. The van der Waals surface area contributed by atoms with Crippen LogP contribution in [0.1, 0.15) is 21.7 Å². The number of rotatable bonds is 4. The number of para-hydroxylation sites is 1. The van der Waals surface area contributed by atoms with Crippen LogP contribution in [0.3, 0.4) is 0 Å². The summed E-state index contributed by atoms with van der Waals surface area (Å²) in [7, 11) is 0. The Morgan fingerprint density at radius 2 is 1.86 bits per heavy atom. The first-order valence-electron chi connectivity index (χ1n) is 8.95. The summed E-state index contributed by atoms with van der Waals surface area (Å²) < 4.78 is 5.67. The van der Waals surface area contributed by atoms with Crippen molar-refractivity contribution in [2.24, 2.45) is 0 Å². The second-order valence-corrected chi connectivity index (χ2v) is 6.69. The van der Waals surface area contributed by atoms with Gasteiger partial charge in [0.05, 0.1) is 16.0 Å². The van der Waals surface area contributed by atoms with Crippen LogP contribution < -0.4 is 5.32 Å². The van der Waals surface area contributed by atoms with Crippen molar-refractivity contribution < 1.29 is 14.1 Å². The van der Waals surface area contributed by atoms with Crippen LogP contribution in [0.4, 0.5) is 11.4 Å². The predicted molar refractivity (Wildman–Crippen MR) is 110 cm³/mol. The predicted octanol–water partition coefficient (Wildman–Crippen LogP) is 5.27. The Kier molecular flexibility index (Phi) is 4.56. The molecule has 2 heterocycles. The van der Waals surface area contributed by atoms with Gasteiger partial charge >= 0.3 is 0 Å². The van der Waals surface area contributed by atoms with Gasteiger partial charge in [-0.25, -0.2) is 4.98 Å². The van der Waals surface area contributed by atoms with Crippen molar-refractivity contribution >= 4 is 28.2 Å². The molecule has 2 aromatic heterocycles. The number of amides is 1. The van der Waals surface area contributed by atoms with E-state index in [1.54, 1.807) is 13.0 Å². The number of hydrogen-bond acceptors (Lipinski definition) is 5. The van der Waals surface area contributed by atoms with Gasteiger partial charge in [-0.15, -0.1) is 0 Å². The Morgan fingerprint density at radius 3 is 2.55 bits per heavy atom. The van der Waals surface area contributed by atoms with Gasteiger partial charge in [0.25, 0.3) is 11.6 Å². The number of non-ortho nitro benzene ring substituents is 1. The fourth-order valence-corrected chi connectivity index (χ4v) is 3.15. The van der Waals surface area contributed by atoms with Crippen LogP contribution in [0.2, 0.25) is 0 Å². The number of benzene rings is 2. The molecule has 0 unspecified atom stereocenters. The highest BCUT2D eigenvalue weighted by Gasteiger charge is 2.17. The Balaban J connectivity index is 1.76. The third kappa shape index (κ3) is 3.58. The van der Waals surface area contributed by atoms with Crippen molar-refractivity contribution in [1.29, 1.82) is 0 Å². The Labute approximate surface area is 166 Å². The number of fused-ring (bicyclic) bond motifs is 1. The monoisotopic (exact) mass is 387 g/mol. The second kappa shape index (κ2) is 7.20. The molecule has 2 aromatic carbocycles. The molecule has 0 saturated heterocycles. The number of pyridine rings is 1. The lowest BCUT2D eigenvalue weighted by Gasteiger charge is -2.11. The molecule has 4 aromatic rings. The number of aryl methyl sites for hydroxylation is 2. The summed E-state index contributed by atoms with van der Waals surface area (Å²) in [6.45, 7) is 3.56. The third-order valence-corrected chi connectivity index (χ3v) is 4.62. The molecule has 7 heteroatoms. The highest BCUT2D eigenvalue weighted by atomic mass is 16.6. The van der Waals surface area contributed by atoms with E-state index in [1.807, 2.05) is 43.3 Å². The molecule has 0 bridgehead atoms. The van der Waals surface area contributed by atoms with E-state index in [0.29, 0.717) is 39.2 Å². The van der Waals surface area contributed by atoms with Crippen molar-refractivity contribution in [1.82, 2.24) is 4.98 Å². The van der Waals surface area contributed by atoms with Gasteiger partial charge in [0.15, 0.2) is 5.76 Å². The first-order valence-corrected chi connectivity index (χ1v) is 8.95. The zero-order chi connectivity index (χ0) is 20.5. The Bertz CT molecular complexity index is 1260. The molecule has 7 nitrogen and oxygen atoms in total. The maximum absolute atomic E-state index is 13.1. The SMILES string of the molecule is Cc1ccc(-c2cc(C(=O)Nc3ccc([N+](=O)[O-])cc3C)c3ccccc3n2)o1. The fraction of sp³-hybridized carbons (Fsp3) is 0.0909. The number of nitrogens with one attached hydrogen (secondary N) is 1. The summed E-state index contributed by atoms with van der Waals surface area (Å²) in [6, 6.07) is 17.0. The number of anilines is 1. The molecule has 0 fully saturated rings. The van der Waals surface area contributed by atoms with Crippen LogP contribution in [0.25, 0.3) is 22.4 Å². The number of carbonyl (C=O) groups is 1. The van der Waals surface area contributed by atoms with Gasteiger partial charge in [0.2, 0.25) is 0 Å². The average molecular weight is 387 g/mol. The molecule has 0 atom stereocenters. The van der Waals surface area contributed by atoms with Crippen molar-refractivity contribution in [2.75, 3.05) is 5.32 Å². The van der Waals surface area contributed by atoms with Gasteiger partial charge in [0.1, 0.15) is 11.5 Å². The smallest absolute Gasteiger partial charge is 0.269 e. The summed E-state index contributed by atoms with van der Waals surface area (Å²) in [5.74, 6) is 1.00. The highest BCUT2D eigenvalue weighted by Crippen LogP contribution is 2.28. The molecule has 1 N–H and O–H groups in total. The number of hydrogen-bond donors (Lipinski definition) is 1. The van der Waals surface area contributed by atoms with Crippen LogP contribution in [0.5, 0.6) is 0 Å². The van der Waals surface area contributed by atoms with Gasteiger partial charge < -0.3 is 9.73 Å². The summed E-state index contributed by atoms with van der Waals surface area (Å²) >= 11 is 0. The zero-order valence-electron chi connectivity index (χ0n) is 15.8. The van der Waals surface area contributed by atoms with Crippen LogP contribution >= 0.6 is 0 Å². The van der Waals surface area contributed by atoms with E-state index in [0.717, 1.165) is 5.76 Å². The summed E-state index contributed by atoms with van der Waals surface area (Å²) in [6.07, 6.45) is 0. The van der Waals surface area contributed by atoms with E-state index in [4.69, 9.17) is 4.42 Å². The first-order chi connectivity index (χ1) is 13.9. The number of furan rings is 1. The van der Waals surface area contributed by atoms with Gasteiger partial charge in [0, 0.05) is 23.2 Å². The Morgan fingerprint density at radius 1 is 1.07 bits per heavy atom. The van der Waals surface area contributed by atoms with Crippen LogP contribution in [0, 0.1) is 24.0 Å². The van der Waals surface area contributed by atoms with Crippen LogP contribution in [-0.4, -0.2) is 15.8 Å². The van der Waals surface area contributed by atoms with Gasteiger partial charge in [-0.05, 0) is 49.7 Å². The number of nitro groups is 1. The highest BCUT2D eigenvalue weighted by molar-refractivity contribution is 6.13. The molecule has 0 saturated carbocycles. The number of nitrogens with zero attached hydrogens (tertiary/aromatic N) is 2. The lowest BCUT2D eigenvalue weighted by Crippen LogP contribution is -2.14. The largest absolute Gasteiger partial charge is 0.460 e. The van der Waals surface area contributed by atoms with Crippen molar-refractivity contribution in [3.63, 3.8) is 0 Å². The topological polar surface area (TPSA) is 98.3 Å². The minimum absolute atomic E-state index is 0.0228. The average Bonchev–Trinajstić information content (AvgIpc) is 3.14. The van der Waals surface area contributed by atoms with E-state index in [2.05, 4.69) is 10.3 Å². The summed E-state index contributed by atoms with van der Waals surface area (Å²) in [5.41, 5.74) is 2.76. The molecule has 0 radical (unpaired) electrons. The Hall–Kier alpha value is -4.00. The molecular weight excluding hydrogens is 370 g/mol. The number of nitro benzene ring substituents is 1. The van der Waals surface area contributed by atoms with E-state index in [9.17, 15) is 14.9 Å². The standard InChI is InChI=1S/C22H17N3O4/c1-13-11-15(25(27)28)8-9-18(13)24-22(26)17-12-20(21-10-7-14(2)29-21)23-19-6-4-3-5-16(17)19/h3-12H,1-2H3,(H,24,26). The molecule has 0 aliphatic heterocycles. The summed E-state index contributed by atoms with van der Waals surface area (Å²) in [5, 5.41) is 14.5. The van der Waals surface area contributed by atoms with Crippen LogP contribution in [-0.2, 0) is 0 Å². The first kappa shape index (κ1) is 18.4. The molecule has 0 aliphatic rings. The maximum atomic E-state index is 13.1. The fourth-order valence-electron chi connectivity index (χ4n) is 3.15. The quantitative estimate of drug-likeness (QED) is 0.380. The molecule has 29 heavy (non-hydrogen) atoms. The lowest BCUT2D eigenvalue weighted by molar-refractivity contribution is -0.384. The molecule has 4 rings (SSSR count). The molecule has 0 aliphatic carbocycles. The second-order valence-electron chi connectivity index (χ2n) is 6.69. The van der Waals surface area contributed by atoms with E-state index in [1.165, 1.54) is 18.2 Å². The minimum atomic E-state index is -0.466. The molecule has 144 valence electrons. The van der Waals surface area contributed by atoms with Gasteiger partial charge in [-0.1, -0.05) is 18.2 Å². The van der Waals surface area contributed by atoms with Gasteiger partial charge in [-0.3, -0.25) is 14.9 Å². The summed E-state index contributed by atoms with van der Waals surface area (Å²) in [4.78, 5) is 28.2. The van der Waals surface area contributed by atoms with E-state index in [-0.39, 0.29) is 11.6 Å². The zero-order valence-corrected chi connectivity index (χ0v) is 15.8. The third-order valence-electron chi connectivity index (χ3n) is 4.62. The maximum Gasteiger partial charge on any atom is 0.269 e. The lowest BCUT2D eigenvalue weighted by atomic mass is 10.1. The van der Waals surface area contributed by atoms with E-state index < -0.39 is 4.92 Å². The molecule has 0 spiro atoms. The van der Waals surface area contributed by atoms with Crippen LogP contribution in [0.15, 0.2) is 65.1 Å². The number of aromatic nitrogens is 1. The minimum Gasteiger partial charge on any atom is -0.460 e. The van der Waals surface area contributed by atoms with Crippen molar-refractivity contribution in [3.8, 4) is 11.5 Å². The number of carbonyl (C=O) groups excluding carboxylic acids is 1.